The van der Waals surface area contributed by atoms with Crippen molar-refractivity contribution in [1.82, 2.24) is 15.2 Å². The van der Waals surface area contributed by atoms with Crippen LogP contribution in [0.1, 0.15) is 47.7 Å². The summed E-state index contributed by atoms with van der Waals surface area (Å²) in [5.41, 5.74) is 1.82. The van der Waals surface area contributed by atoms with Crippen LogP contribution in [0.2, 0.25) is 0 Å². The average Bonchev–Trinajstić information content (AvgIpc) is 3.24. The minimum absolute atomic E-state index is 0.0628. The van der Waals surface area contributed by atoms with Crippen LogP contribution in [0.5, 0.6) is 0 Å². The van der Waals surface area contributed by atoms with E-state index in [1.807, 2.05) is 29.4 Å². The molecule has 0 unspecified atom stereocenters. The van der Waals surface area contributed by atoms with Gasteiger partial charge in [0.2, 0.25) is 0 Å². The summed E-state index contributed by atoms with van der Waals surface area (Å²) < 4.78 is 11.1. The fourth-order valence-corrected chi connectivity index (χ4v) is 3.95. The van der Waals surface area contributed by atoms with E-state index in [2.05, 4.69) is 10.3 Å². The van der Waals surface area contributed by atoms with Crippen molar-refractivity contribution in [2.45, 2.75) is 43.9 Å². The first-order valence-electron chi connectivity index (χ1n) is 9.40. The van der Waals surface area contributed by atoms with Crippen LogP contribution in [0.4, 0.5) is 0 Å². The molecule has 0 saturated carbocycles. The standard InChI is InChI=1S/C20H25N3O3/c24-20(16-7-13-25-14-16)23-10-5-17(6-11-23)22-18-2-1-12-26-19(18)15-3-8-21-9-4-15/h3-4,7-9,13-14,17-19,22H,1-2,5-6,10-12H2/t18-,19+/m0/s1. The van der Waals surface area contributed by atoms with Gasteiger partial charge in [0.05, 0.1) is 17.9 Å². The number of nitrogens with one attached hydrogen (secondary N) is 1. The number of likely N-dealkylation sites (tertiary alicyclic amines) is 1. The zero-order valence-corrected chi connectivity index (χ0v) is 14.8. The van der Waals surface area contributed by atoms with E-state index >= 15 is 0 Å². The average molecular weight is 355 g/mol. The first-order chi connectivity index (χ1) is 12.8. The van der Waals surface area contributed by atoms with Crippen molar-refractivity contribution in [1.29, 1.82) is 0 Å². The van der Waals surface area contributed by atoms with Crippen LogP contribution in [0, 0.1) is 0 Å². The van der Waals surface area contributed by atoms with E-state index in [4.69, 9.17) is 9.15 Å². The molecule has 0 aliphatic carbocycles. The first-order valence-corrected chi connectivity index (χ1v) is 9.40. The van der Waals surface area contributed by atoms with Crippen LogP contribution in [0.25, 0.3) is 0 Å². The highest BCUT2D eigenvalue weighted by Crippen LogP contribution is 2.29. The van der Waals surface area contributed by atoms with E-state index in [9.17, 15) is 4.79 Å². The molecule has 2 saturated heterocycles. The van der Waals surface area contributed by atoms with Gasteiger partial charge in [0.1, 0.15) is 6.26 Å². The van der Waals surface area contributed by atoms with Gasteiger partial charge in [0.25, 0.3) is 5.91 Å². The summed E-state index contributed by atoms with van der Waals surface area (Å²) in [6.45, 7) is 2.35. The van der Waals surface area contributed by atoms with E-state index in [0.29, 0.717) is 17.6 Å². The van der Waals surface area contributed by atoms with Crippen molar-refractivity contribution < 1.29 is 13.9 Å². The van der Waals surface area contributed by atoms with E-state index in [1.165, 1.54) is 11.8 Å². The maximum Gasteiger partial charge on any atom is 0.257 e. The summed E-state index contributed by atoms with van der Waals surface area (Å²) in [5.74, 6) is 0.0628. The molecule has 2 fully saturated rings. The second-order valence-electron chi connectivity index (χ2n) is 7.07. The number of rotatable bonds is 4. The number of ether oxygens (including phenoxy) is 1. The van der Waals surface area contributed by atoms with Gasteiger partial charge in [-0.15, -0.1) is 0 Å². The van der Waals surface area contributed by atoms with Crippen molar-refractivity contribution >= 4 is 5.91 Å². The SMILES string of the molecule is O=C(c1ccoc1)N1CCC(N[C@H]2CCCO[C@@H]2c2ccncc2)CC1. The molecule has 4 rings (SSSR count). The maximum atomic E-state index is 12.4. The number of piperidine rings is 1. The zero-order valence-electron chi connectivity index (χ0n) is 14.8. The number of hydrogen-bond acceptors (Lipinski definition) is 5. The molecule has 0 aromatic carbocycles. The largest absolute Gasteiger partial charge is 0.472 e. The summed E-state index contributed by atoms with van der Waals surface area (Å²) in [6.07, 6.45) is 10.9. The predicted molar refractivity (Wildman–Crippen MR) is 96.7 cm³/mol. The normalized spacial score (nSPS) is 24.5. The quantitative estimate of drug-likeness (QED) is 0.913. The highest BCUT2D eigenvalue weighted by Gasteiger charge is 2.31. The Balaban J connectivity index is 1.34. The van der Waals surface area contributed by atoms with Gasteiger partial charge in [-0.2, -0.15) is 0 Å². The molecule has 6 heteroatoms. The van der Waals surface area contributed by atoms with Gasteiger partial charge >= 0.3 is 0 Å². The topological polar surface area (TPSA) is 67.6 Å². The molecule has 2 atom stereocenters. The highest BCUT2D eigenvalue weighted by molar-refractivity contribution is 5.93. The first kappa shape index (κ1) is 17.2. The molecule has 1 N–H and O–H groups in total. The molecule has 2 aliphatic heterocycles. The fourth-order valence-electron chi connectivity index (χ4n) is 3.95. The van der Waals surface area contributed by atoms with Crippen molar-refractivity contribution in [2.75, 3.05) is 19.7 Å². The van der Waals surface area contributed by atoms with Crippen LogP contribution in [-0.4, -0.2) is 47.6 Å². The minimum atomic E-state index is 0.0628. The van der Waals surface area contributed by atoms with Crippen molar-refractivity contribution in [3.8, 4) is 0 Å². The summed E-state index contributed by atoms with van der Waals surface area (Å²) in [6, 6.07) is 6.53. The lowest BCUT2D eigenvalue weighted by Crippen LogP contribution is -2.50. The molecule has 2 aliphatic rings. The number of hydrogen-bond donors (Lipinski definition) is 1. The van der Waals surface area contributed by atoms with E-state index in [1.54, 1.807) is 12.3 Å². The Kier molecular flexibility index (Phi) is 5.32. The second kappa shape index (κ2) is 8.01. The number of furan rings is 1. The maximum absolute atomic E-state index is 12.4. The molecule has 0 spiro atoms. The van der Waals surface area contributed by atoms with Gasteiger partial charge in [-0.05, 0) is 49.4 Å². The lowest BCUT2D eigenvalue weighted by atomic mass is 9.94. The molecular weight excluding hydrogens is 330 g/mol. The van der Waals surface area contributed by atoms with Gasteiger partial charge in [-0.3, -0.25) is 9.78 Å². The van der Waals surface area contributed by atoms with E-state index in [0.717, 1.165) is 45.4 Å². The third-order valence-corrected chi connectivity index (χ3v) is 5.36. The van der Waals surface area contributed by atoms with Gasteiger partial charge in [0, 0.05) is 44.2 Å². The molecule has 4 heterocycles. The zero-order chi connectivity index (χ0) is 17.8. The lowest BCUT2D eigenvalue weighted by Gasteiger charge is -2.38. The second-order valence-corrected chi connectivity index (χ2v) is 7.07. The van der Waals surface area contributed by atoms with Gasteiger partial charge in [-0.1, -0.05) is 0 Å². The molecule has 0 radical (unpaired) electrons. The molecule has 138 valence electrons. The third kappa shape index (κ3) is 3.81. The van der Waals surface area contributed by atoms with Crippen molar-refractivity contribution in [3.63, 3.8) is 0 Å². The number of amides is 1. The van der Waals surface area contributed by atoms with Gasteiger partial charge < -0.3 is 19.4 Å². The molecular formula is C20H25N3O3. The van der Waals surface area contributed by atoms with E-state index < -0.39 is 0 Å². The van der Waals surface area contributed by atoms with Crippen LogP contribution >= 0.6 is 0 Å². The van der Waals surface area contributed by atoms with Gasteiger partial charge in [0.15, 0.2) is 0 Å². The number of carbonyl (C=O) groups is 1. The Morgan fingerprint density at radius 2 is 1.96 bits per heavy atom. The van der Waals surface area contributed by atoms with Gasteiger partial charge in [-0.25, -0.2) is 0 Å². The number of carbonyl (C=O) groups excluding carboxylic acids is 1. The number of nitrogens with zero attached hydrogens (tertiary/aromatic N) is 2. The Morgan fingerprint density at radius 1 is 1.15 bits per heavy atom. The monoisotopic (exact) mass is 355 g/mol. The summed E-state index contributed by atoms with van der Waals surface area (Å²) >= 11 is 0. The van der Waals surface area contributed by atoms with Crippen molar-refractivity contribution in [3.05, 3.63) is 54.2 Å². The Labute approximate surface area is 153 Å². The van der Waals surface area contributed by atoms with Crippen LogP contribution in [-0.2, 0) is 4.74 Å². The molecule has 6 nitrogen and oxygen atoms in total. The smallest absolute Gasteiger partial charge is 0.257 e. The summed E-state index contributed by atoms with van der Waals surface area (Å²) in [4.78, 5) is 18.4. The Bertz CT molecular complexity index is 696. The minimum Gasteiger partial charge on any atom is -0.472 e. The van der Waals surface area contributed by atoms with Crippen LogP contribution in [0.3, 0.4) is 0 Å². The Morgan fingerprint density at radius 3 is 2.69 bits per heavy atom. The van der Waals surface area contributed by atoms with Crippen LogP contribution in [0.15, 0.2) is 47.5 Å². The number of pyridine rings is 1. The third-order valence-electron chi connectivity index (χ3n) is 5.36. The van der Waals surface area contributed by atoms with Crippen LogP contribution < -0.4 is 5.32 Å². The lowest BCUT2D eigenvalue weighted by molar-refractivity contribution is -0.0160. The summed E-state index contributed by atoms with van der Waals surface area (Å²) in [5, 5.41) is 3.80. The molecule has 26 heavy (non-hydrogen) atoms. The molecule has 2 aromatic heterocycles. The number of aromatic nitrogens is 1. The summed E-state index contributed by atoms with van der Waals surface area (Å²) in [7, 11) is 0. The molecule has 2 aromatic rings. The fraction of sp³-hybridized carbons (Fsp3) is 0.500. The molecule has 0 bridgehead atoms. The Hall–Kier alpha value is -2.18. The molecule has 1 amide bonds. The van der Waals surface area contributed by atoms with Crippen molar-refractivity contribution in [2.24, 2.45) is 0 Å². The van der Waals surface area contributed by atoms with E-state index in [-0.39, 0.29) is 12.0 Å². The predicted octanol–water partition coefficient (Wildman–Crippen LogP) is 2.79. The highest BCUT2D eigenvalue weighted by atomic mass is 16.5.